The third-order valence-corrected chi connectivity index (χ3v) is 9.06. The molecule has 3 aliphatic carbocycles. The zero-order chi connectivity index (χ0) is 33.5. The number of carbonyl (C=O) groups excluding carboxylic acids is 1. The first-order valence-electron chi connectivity index (χ1n) is 18.1. The number of hydrogen-bond acceptors (Lipinski definition) is 4. The molecule has 8 heteroatoms. The molecule has 0 unspecified atom stereocenters. The number of pyridine rings is 1. The van der Waals surface area contributed by atoms with Crippen molar-refractivity contribution in [1.29, 1.82) is 0 Å². The van der Waals surface area contributed by atoms with E-state index in [1.807, 2.05) is 25.8 Å². The van der Waals surface area contributed by atoms with E-state index in [0.717, 1.165) is 81.0 Å². The molecule has 0 bridgehead atoms. The average molecular weight is 674 g/mol. The number of nitrogens with one attached hydrogen (secondary N) is 2. The fraction of sp³-hybridized carbons (Fsp3) is 0.641. The van der Waals surface area contributed by atoms with Crippen molar-refractivity contribution >= 4 is 11.7 Å². The van der Waals surface area contributed by atoms with Crippen molar-refractivity contribution in [2.45, 2.75) is 130 Å². The van der Waals surface area contributed by atoms with Gasteiger partial charge in [-0.25, -0.2) is 9.37 Å². The molecule has 4 aliphatic rings. The minimum Gasteiger partial charge on any atom is -0.668 e. The van der Waals surface area contributed by atoms with Crippen LogP contribution in [0.3, 0.4) is 0 Å². The number of fused-ring (bicyclic) bond motifs is 1. The van der Waals surface area contributed by atoms with E-state index in [1.165, 1.54) is 60.1 Å². The van der Waals surface area contributed by atoms with Crippen LogP contribution in [0.1, 0.15) is 136 Å². The predicted octanol–water partition coefficient (Wildman–Crippen LogP) is 6.18. The predicted molar refractivity (Wildman–Crippen MR) is 193 cm³/mol. The molecule has 0 saturated heterocycles. The van der Waals surface area contributed by atoms with Gasteiger partial charge in [0.25, 0.3) is 5.91 Å². The van der Waals surface area contributed by atoms with E-state index in [0.29, 0.717) is 12.5 Å². The summed E-state index contributed by atoms with van der Waals surface area (Å²) in [6.45, 7) is 10.9. The van der Waals surface area contributed by atoms with Gasteiger partial charge in [-0.15, -0.1) is 0 Å². The smallest absolute Gasteiger partial charge is 0.668 e. The topological polar surface area (TPSA) is 71.4 Å². The van der Waals surface area contributed by atoms with Gasteiger partial charge in [-0.1, -0.05) is 52.7 Å². The summed E-state index contributed by atoms with van der Waals surface area (Å²) in [6, 6.07) is 8.86. The number of likely N-dealkylation sites (N-methyl/N-ethyl adjacent to an activating group) is 1. The van der Waals surface area contributed by atoms with Gasteiger partial charge in [0.1, 0.15) is 12.0 Å². The molecule has 2 heterocycles. The van der Waals surface area contributed by atoms with Gasteiger partial charge >= 0.3 is 51.4 Å². The molecule has 3 saturated carbocycles. The molecule has 3 fully saturated rings. The van der Waals surface area contributed by atoms with Crippen LogP contribution < -0.4 is 66.9 Å². The number of amides is 1. The molecule has 1 amide bonds. The number of nitrogens with zero attached hydrogens (tertiary/aromatic N) is 3. The summed E-state index contributed by atoms with van der Waals surface area (Å²) < 4.78 is 11.5. The van der Waals surface area contributed by atoms with Crippen molar-refractivity contribution < 1.29 is 60.6 Å². The van der Waals surface area contributed by atoms with Crippen molar-refractivity contribution in [2.24, 2.45) is 5.92 Å². The summed E-state index contributed by atoms with van der Waals surface area (Å²) >= 11 is 0. The van der Waals surface area contributed by atoms with E-state index in [9.17, 15) is 9.18 Å². The summed E-state index contributed by atoms with van der Waals surface area (Å²) in [6.07, 6.45) is 15.0. The molecule has 47 heavy (non-hydrogen) atoms. The minimum absolute atomic E-state index is 0. The Morgan fingerprint density at radius 3 is 2.19 bits per heavy atom. The third kappa shape index (κ3) is 12.9. The zero-order valence-corrected chi connectivity index (χ0v) is 34.0. The van der Waals surface area contributed by atoms with Crippen molar-refractivity contribution in [3.8, 4) is 0 Å². The van der Waals surface area contributed by atoms with Crippen LogP contribution in [0.2, 0.25) is 0 Å². The molecule has 1 aromatic carbocycles. The first-order chi connectivity index (χ1) is 22.4. The second-order valence-corrected chi connectivity index (χ2v) is 12.9. The SMILES string of the molecule is CC.CC/C=C(\Cc1cc(C2CC2)nc(N2Cc3c(CCC)cc(CNCC4CCC4)cc3C2=O)c1)NC.C[N-]C.FC1CCC1.[K+]. The van der Waals surface area contributed by atoms with Crippen LogP contribution in [-0.4, -0.2) is 44.8 Å². The largest absolute Gasteiger partial charge is 1.00 e. The van der Waals surface area contributed by atoms with E-state index in [4.69, 9.17) is 4.98 Å². The molecule has 256 valence electrons. The number of aryl methyl sites for hydroxylation is 1. The third-order valence-electron chi connectivity index (χ3n) is 9.06. The molecule has 0 radical (unpaired) electrons. The van der Waals surface area contributed by atoms with Gasteiger partial charge in [-0.3, -0.25) is 9.69 Å². The number of aromatic nitrogens is 1. The van der Waals surface area contributed by atoms with Gasteiger partial charge in [-0.05, 0) is 111 Å². The molecule has 6 nitrogen and oxygen atoms in total. The van der Waals surface area contributed by atoms with Crippen molar-refractivity contribution in [3.05, 3.63) is 74.9 Å². The van der Waals surface area contributed by atoms with E-state index in [-0.39, 0.29) is 57.3 Å². The molecule has 0 atom stereocenters. The maximum atomic E-state index is 13.8. The first-order valence-corrected chi connectivity index (χ1v) is 18.1. The van der Waals surface area contributed by atoms with Gasteiger partial charge in [0.2, 0.25) is 0 Å². The molecule has 1 aliphatic heterocycles. The van der Waals surface area contributed by atoms with Crippen LogP contribution in [0.5, 0.6) is 0 Å². The molecule has 2 aromatic rings. The Morgan fingerprint density at radius 1 is 1.02 bits per heavy atom. The number of alkyl halides is 1. The Hall–Kier alpha value is -1.13. The van der Waals surface area contributed by atoms with Gasteiger partial charge in [0, 0.05) is 42.9 Å². The second-order valence-electron chi connectivity index (χ2n) is 12.9. The van der Waals surface area contributed by atoms with Crippen LogP contribution in [-0.2, 0) is 25.9 Å². The van der Waals surface area contributed by atoms with Crippen LogP contribution in [0.4, 0.5) is 10.2 Å². The normalized spacial score (nSPS) is 17.0. The number of rotatable bonds is 12. The van der Waals surface area contributed by atoms with E-state index in [1.54, 1.807) is 14.1 Å². The maximum absolute atomic E-state index is 13.8. The Labute approximate surface area is 328 Å². The van der Waals surface area contributed by atoms with Gasteiger partial charge < -0.3 is 16.0 Å². The Kier molecular flexibility index (Phi) is 20.2. The van der Waals surface area contributed by atoms with Crippen molar-refractivity contribution in [1.82, 2.24) is 15.6 Å². The quantitative estimate of drug-likeness (QED) is 0.264. The fourth-order valence-corrected chi connectivity index (χ4v) is 5.96. The zero-order valence-electron chi connectivity index (χ0n) is 30.9. The Morgan fingerprint density at radius 2 is 1.68 bits per heavy atom. The summed E-state index contributed by atoms with van der Waals surface area (Å²) in [5.74, 6) is 2.30. The maximum Gasteiger partial charge on any atom is 1.00 e. The molecule has 1 aromatic heterocycles. The first kappa shape index (κ1) is 42.0. The number of hydrogen-bond donors (Lipinski definition) is 2. The van der Waals surface area contributed by atoms with Crippen LogP contribution in [0.15, 0.2) is 36.0 Å². The molecule has 0 spiro atoms. The van der Waals surface area contributed by atoms with Gasteiger partial charge in [-0.2, -0.15) is 14.1 Å². The Bertz CT molecular complexity index is 1260. The monoisotopic (exact) mass is 673 g/mol. The number of anilines is 1. The van der Waals surface area contributed by atoms with Gasteiger partial charge in [0.05, 0.1) is 6.54 Å². The molecule has 6 rings (SSSR count). The number of carbonyl (C=O) groups is 1. The van der Waals surface area contributed by atoms with Crippen molar-refractivity contribution in [3.63, 3.8) is 0 Å². The average Bonchev–Trinajstić information content (AvgIpc) is 3.82. The molecular weight excluding hydrogens is 613 g/mol. The molecule has 2 N–H and O–H groups in total. The van der Waals surface area contributed by atoms with E-state index < -0.39 is 6.17 Å². The van der Waals surface area contributed by atoms with Gasteiger partial charge in [0.15, 0.2) is 0 Å². The summed E-state index contributed by atoms with van der Waals surface area (Å²) in [4.78, 5) is 20.7. The number of halogens is 1. The Balaban J connectivity index is 0.000000612. The van der Waals surface area contributed by atoms with Crippen LogP contribution in [0, 0.1) is 5.92 Å². The standard InChI is InChI=1S/C31H42N4O.C4H7F.C2H6N.C2H6.K/c1-4-7-25-13-23(19-33-18-21-9-6-10-21)15-27-28(25)20-35(31(27)36)30-17-22(14-26(32-3)8-5-2)16-29(34-30)24-11-12-24;5-4-2-1-3-4;1-3-2;1-2;/h8,13,15-17,21,24,32-33H,4-7,9-12,14,18-20H2,1-3H3;4H,1-3H2;1-2H3;1-2H3;/q;;-1;;+1/b26-8+;;;;. The number of allylic oxidation sites excluding steroid dienone is 2. The second kappa shape index (κ2) is 22.6. The number of benzene rings is 1. The summed E-state index contributed by atoms with van der Waals surface area (Å²) in [5.41, 5.74) is 8.23. The van der Waals surface area contributed by atoms with Crippen molar-refractivity contribution in [2.75, 3.05) is 32.6 Å². The van der Waals surface area contributed by atoms with Crippen LogP contribution in [0.25, 0.3) is 5.32 Å². The minimum atomic E-state index is -0.435. The summed E-state index contributed by atoms with van der Waals surface area (Å²) in [5, 5.41) is 10.5. The van der Waals surface area contributed by atoms with E-state index >= 15 is 0 Å². The van der Waals surface area contributed by atoms with E-state index in [2.05, 4.69) is 60.1 Å². The fourth-order valence-electron chi connectivity index (χ4n) is 5.96. The molecular formula is C39H61FKN5O. The van der Waals surface area contributed by atoms with Crippen LogP contribution >= 0.6 is 0 Å². The summed E-state index contributed by atoms with van der Waals surface area (Å²) in [7, 11) is 5.49.